The fourth-order valence-corrected chi connectivity index (χ4v) is 2.24. The van der Waals surface area contributed by atoms with E-state index in [9.17, 15) is 18.0 Å². The maximum atomic E-state index is 12.7. The molecule has 2 aromatic rings. The van der Waals surface area contributed by atoms with Crippen molar-refractivity contribution in [3.05, 3.63) is 53.1 Å². The number of halogens is 4. The number of rotatable bonds is 6. The van der Waals surface area contributed by atoms with E-state index in [-0.39, 0.29) is 17.3 Å². The van der Waals surface area contributed by atoms with Gasteiger partial charge in [0.05, 0.1) is 35.1 Å². The van der Waals surface area contributed by atoms with Crippen molar-refractivity contribution in [3.63, 3.8) is 0 Å². The van der Waals surface area contributed by atoms with E-state index in [1.54, 1.807) is 24.3 Å². The van der Waals surface area contributed by atoms with Gasteiger partial charge in [-0.3, -0.25) is 4.79 Å². The molecule has 0 saturated carbocycles. The van der Waals surface area contributed by atoms with Crippen LogP contribution in [0.4, 0.5) is 24.5 Å². The number of hydrogen-bond donors (Lipinski definition) is 2. The molecule has 0 atom stereocenters. The molecule has 8 heteroatoms. The Balaban J connectivity index is 2.03. The topological polar surface area (TPSA) is 50.4 Å². The highest BCUT2D eigenvalue weighted by Crippen LogP contribution is 2.33. The van der Waals surface area contributed by atoms with Crippen molar-refractivity contribution in [1.29, 1.82) is 0 Å². The highest BCUT2D eigenvalue weighted by Gasteiger charge is 2.31. The van der Waals surface area contributed by atoms with Gasteiger partial charge in [0.2, 0.25) is 5.91 Å². The predicted octanol–water partition coefficient (Wildman–Crippen LogP) is 4.81. The minimum Gasteiger partial charge on any atom is -0.492 e. The number of ether oxygens (including phenoxy) is 1. The van der Waals surface area contributed by atoms with Gasteiger partial charge >= 0.3 is 6.18 Å². The van der Waals surface area contributed by atoms with Gasteiger partial charge in [-0.1, -0.05) is 23.7 Å². The first kappa shape index (κ1) is 18.9. The lowest BCUT2D eigenvalue weighted by Gasteiger charge is -2.14. The second-order valence-corrected chi connectivity index (χ2v) is 5.43. The van der Waals surface area contributed by atoms with Crippen LogP contribution in [0, 0.1) is 0 Å². The normalized spacial score (nSPS) is 11.1. The zero-order valence-corrected chi connectivity index (χ0v) is 14.0. The molecule has 1 amide bonds. The van der Waals surface area contributed by atoms with Crippen LogP contribution in [0.2, 0.25) is 5.02 Å². The highest BCUT2D eigenvalue weighted by molar-refractivity contribution is 6.33. The van der Waals surface area contributed by atoms with Gasteiger partial charge in [0.15, 0.2) is 0 Å². The molecule has 0 aliphatic heterocycles. The number of nitrogens with one attached hydrogen (secondary N) is 2. The smallest absolute Gasteiger partial charge is 0.416 e. The first-order chi connectivity index (χ1) is 11.8. The number of benzene rings is 2. The molecule has 2 aromatic carbocycles. The Morgan fingerprint density at radius 3 is 2.56 bits per heavy atom. The van der Waals surface area contributed by atoms with Gasteiger partial charge in [0, 0.05) is 0 Å². The number of anilines is 2. The molecule has 0 spiro atoms. The molecule has 0 fully saturated rings. The Bertz CT molecular complexity index is 751. The first-order valence-electron chi connectivity index (χ1n) is 7.43. The molecule has 2 rings (SSSR count). The van der Waals surface area contributed by atoms with Crippen LogP contribution in [0.15, 0.2) is 42.5 Å². The fraction of sp³-hybridized carbons (Fsp3) is 0.235. The molecule has 0 aliphatic carbocycles. The van der Waals surface area contributed by atoms with Crippen molar-refractivity contribution in [2.75, 3.05) is 23.8 Å². The lowest BCUT2D eigenvalue weighted by molar-refractivity contribution is -0.137. The third-order valence-electron chi connectivity index (χ3n) is 3.19. The van der Waals surface area contributed by atoms with Crippen LogP contribution >= 0.6 is 11.6 Å². The SMILES string of the molecule is CCOc1ccccc1NC(=O)CNc1cc(C(F)(F)F)ccc1Cl. The molecular weight excluding hydrogens is 357 g/mol. The molecule has 0 unspecified atom stereocenters. The number of hydrogen-bond acceptors (Lipinski definition) is 3. The summed E-state index contributed by atoms with van der Waals surface area (Å²) in [4.78, 5) is 12.0. The summed E-state index contributed by atoms with van der Waals surface area (Å²) in [5.41, 5.74) is -0.336. The van der Waals surface area contributed by atoms with Gasteiger partial charge < -0.3 is 15.4 Å². The van der Waals surface area contributed by atoms with Crippen molar-refractivity contribution in [2.45, 2.75) is 13.1 Å². The number of carbonyl (C=O) groups excluding carboxylic acids is 1. The minimum absolute atomic E-state index is 0.0322. The maximum Gasteiger partial charge on any atom is 0.416 e. The van der Waals surface area contributed by atoms with Crippen molar-refractivity contribution in [2.24, 2.45) is 0 Å². The van der Waals surface area contributed by atoms with Crippen LogP contribution in [0.3, 0.4) is 0 Å². The molecule has 0 bridgehead atoms. The minimum atomic E-state index is -4.49. The van der Waals surface area contributed by atoms with Gasteiger partial charge in [-0.2, -0.15) is 13.2 Å². The molecule has 4 nitrogen and oxygen atoms in total. The summed E-state index contributed by atoms with van der Waals surface area (Å²) >= 11 is 5.87. The molecule has 0 heterocycles. The van der Waals surface area contributed by atoms with Gasteiger partial charge in [-0.25, -0.2) is 0 Å². The molecular formula is C17H16ClF3N2O2. The maximum absolute atomic E-state index is 12.7. The van der Waals surface area contributed by atoms with E-state index in [0.717, 1.165) is 18.2 Å². The van der Waals surface area contributed by atoms with Crippen molar-refractivity contribution in [1.82, 2.24) is 0 Å². The quantitative estimate of drug-likeness (QED) is 0.765. The predicted molar refractivity (Wildman–Crippen MR) is 91.2 cm³/mol. The van der Waals surface area contributed by atoms with E-state index in [2.05, 4.69) is 10.6 Å². The van der Waals surface area contributed by atoms with E-state index in [1.165, 1.54) is 0 Å². The lowest BCUT2D eigenvalue weighted by Crippen LogP contribution is -2.22. The Morgan fingerprint density at radius 1 is 1.16 bits per heavy atom. The number of para-hydroxylation sites is 2. The Labute approximate surface area is 147 Å². The molecule has 0 radical (unpaired) electrons. The number of carbonyl (C=O) groups is 1. The van der Waals surface area contributed by atoms with Crippen LogP contribution in [0.1, 0.15) is 12.5 Å². The van der Waals surface area contributed by atoms with E-state index >= 15 is 0 Å². The van der Waals surface area contributed by atoms with Gasteiger partial charge in [-0.05, 0) is 37.3 Å². The second-order valence-electron chi connectivity index (χ2n) is 5.02. The zero-order valence-electron chi connectivity index (χ0n) is 13.3. The van der Waals surface area contributed by atoms with E-state index in [4.69, 9.17) is 16.3 Å². The van der Waals surface area contributed by atoms with Gasteiger partial charge in [-0.15, -0.1) is 0 Å². The Kier molecular flexibility index (Phi) is 6.14. The van der Waals surface area contributed by atoms with Gasteiger partial charge in [0.25, 0.3) is 0 Å². The van der Waals surface area contributed by atoms with Crippen LogP contribution < -0.4 is 15.4 Å². The van der Waals surface area contributed by atoms with E-state index in [0.29, 0.717) is 18.0 Å². The summed E-state index contributed by atoms with van der Waals surface area (Å²) in [6.45, 7) is 2.00. The van der Waals surface area contributed by atoms with Crippen LogP contribution in [-0.4, -0.2) is 19.1 Å². The molecule has 134 valence electrons. The average Bonchev–Trinajstić information content (AvgIpc) is 2.55. The summed E-state index contributed by atoms with van der Waals surface area (Å²) in [7, 11) is 0. The van der Waals surface area contributed by atoms with Gasteiger partial charge in [0.1, 0.15) is 5.75 Å². The standard InChI is InChI=1S/C17H16ClF3N2O2/c1-2-25-15-6-4-3-5-13(15)23-16(24)10-22-14-9-11(17(19,20)21)7-8-12(14)18/h3-9,22H,2,10H2,1H3,(H,23,24). The summed E-state index contributed by atoms with van der Waals surface area (Å²) in [6, 6.07) is 9.75. The van der Waals surface area contributed by atoms with E-state index in [1.807, 2.05) is 6.92 Å². The third kappa shape index (κ3) is 5.29. The van der Waals surface area contributed by atoms with Crippen molar-refractivity contribution < 1.29 is 22.7 Å². The van der Waals surface area contributed by atoms with Crippen LogP contribution in [-0.2, 0) is 11.0 Å². The molecule has 0 aromatic heterocycles. The first-order valence-corrected chi connectivity index (χ1v) is 7.81. The molecule has 2 N–H and O–H groups in total. The van der Waals surface area contributed by atoms with Crippen molar-refractivity contribution >= 4 is 28.9 Å². The molecule has 0 aliphatic rings. The zero-order chi connectivity index (χ0) is 18.4. The van der Waals surface area contributed by atoms with E-state index < -0.39 is 17.6 Å². The Hall–Kier alpha value is -2.41. The van der Waals surface area contributed by atoms with Crippen LogP contribution in [0.5, 0.6) is 5.75 Å². The summed E-state index contributed by atoms with van der Waals surface area (Å²) in [5.74, 6) is 0.0658. The van der Waals surface area contributed by atoms with Crippen molar-refractivity contribution in [3.8, 4) is 5.75 Å². The summed E-state index contributed by atoms with van der Waals surface area (Å²) in [5, 5.41) is 5.34. The monoisotopic (exact) mass is 372 g/mol. The molecule has 25 heavy (non-hydrogen) atoms. The lowest BCUT2D eigenvalue weighted by atomic mass is 10.2. The largest absolute Gasteiger partial charge is 0.492 e. The average molecular weight is 373 g/mol. The fourth-order valence-electron chi connectivity index (χ4n) is 2.06. The second kappa shape index (κ2) is 8.11. The number of amides is 1. The summed E-state index contributed by atoms with van der Waals surface area (Å²) in [6.07, 6.45) is -4.49. The third-order valence-corrected chi connectivity index (χ3v) is 3.52. The summed E-state index contributed by atoms with van der Waals surface area (Å²) < 4.78 is 43.6. The molecule has 0 saturated heterocycles. The Morgan fingerprint density at radius 2 is 1.88 bits per heavy atom. The number of alkyl halides is 3. The van der Waals surface area contributed by atoms with Crippen LogP contribution in [0.25, 0.3) is 0 Å². The highest BCUT2D eigenvalue weighted by atomic mass is 35.5.